The summed E-state index contributed by atoms with van der Waals surface area (Å²) < 4.78 is 1.87. The Morgan fingerprint density at radius 2 is 2.26 bits per heavy atom. The SMILES string of the molecule is Cc1ncc(CN(C)C(=O)c2cc(I)ccc2Br)s1. The average molecular weight is 451 g/mol. The number of halogens is 2. The molecule has 0 spiro atoms. The molecule has 0 fully saturated rings. The second kappa shape index (κ2) is 6.32. The Labute approximate surface area is 138 Å². The van der Waals surface area contributed by atoms with Crippen LogP contribution in [0.3, 0.4) is 0 Å². The van der Waals surface area contributed by atoms with Gasteiger partial charge in [0.15, 0.2) is 0 Å². The van der Waals surface area contributed by atoms with E-state index >= 15 is 0 Å². The third-order valence-corrected chi connectivity index (χ3v) is 4.83. The third kappa shape index (κ3) is 3.76. The number of nitrogens with zero attached hydrogens (tertiary/aromatic N) is 2. The molecule has 100 valence electrons. The number of carbonyl (C=O) groups is 1. The molecule has 0 bridgehead atoms. The minimum absolute atomic E-state index is 0.0106. The smallest absolute Gasteiger partial charge is 0.255 e. The molecule has 0 atom stereocenters. The van der Waals surface area contributed by atoms with Crippen molar-refractivity contribution < 1.29 is 4.79 Å². The summed E-state index contributed by atoms with van der Waals surface area (Å²) in [6.45, 7) is 2.55. The summed E-state index contributed by atoms with van der Waals surface area (Å²) in [6.07, 6.45) is 1.83. The molecule has 19 heavy (non-hydrogen) atoms. The van der Waals surface area contributed by atoms with Crippen molar-refractivity contribution in [3.8, 4) is 0 Å². The number of benzene rings is 1. The van der Waals surface area contributed by atoms with Crippen LogP contribution in [0.2, 0.25) is 0 Å². The normalized spacial score (nSPS) is 10.5. The molecular formula is C13H12BrIN2OS. The van der Waals surface area contributed by atoms with Gasteiger partial charge in [-0.05, 0) is 63.6 Å². The van der Waals surface area contributed by atoms with Gasteiger partial charge in [0.1, 0.15) is 0 Å². The maximum atomic E-state index is 12.4. The van der Waals surface area contributed by atoms with Crippen LogP contribution < -0.4 is 0 Å². The molecule has 0 aliphatic rings. The Morgan fingerprint density at radius 3 is 2.89 bits per heavy atom. The van der Waals surface area contributed by atoms with Crippen molar-refractivity contribution in [1.29, 1.82) is 0 Å². The van der Waals surface area contributed by atoms with Gasteiger partial charge in [-0.25, -0.2) is 4.98 Å². The number of rotatable bonds is 3. The van der Waals surface area contributed by atoms with Crippen LogP contribution in [0.4, 0.5) is 0 Å². The van der Waals surface area contributed by atoms with Gasteiger partial charge in [0.2, 0.25) is 0 Å². The lowest BCUT2D eigenvalue weighted by molar-refractivity contribution is 0.0785. The summed E-state index contributed by atoms with van der Waals surface area (Å²) >= 11 is 7.25. The second-order valence-electron chi connectivity index (χ2n) is 4.13. The van der Waals surface area contributed by atoms with E-state index in [2.05, 4.69) is 43.5 Å². The van der Waals surface area contributed by atoms with Crippen molar-refractivity contribution in [3.63, 3.8) is 0 Å². The highest BCUT2D eigenvalue weighted by atomic mass is 127. The quantitative estimate of drug-likeness (QED) is 0.660. The fourth-order valence-corrected chi connectivity index (χ4v) is 3.41. The molecule has 1 aromatic carbocycles. The highest BCUT2D eigenvalue weighted by Gasteiger charge is 2.16. The lowest BCUT2D eigenvalue weighted by Gasteiger charge is -2.17. The Kier molecular flexibility index (Phi) is 4.97. The topological polar surface area (TPSA) is 33.2 Å². The molecule has 1 aromatic heterocycles. The first-order valence-corrected chi connectivity index (χ1v) is 8.28. The van der Waals surface area contributed by atoms with E-state index in [0.29, 0.717) is 12.1 Å². The maximum absolute atomic E-state index is 12.4. The van der Waals surface area contributed by atoms with Crippen molar-refractivity contribution in [2.24, 2.45) is 0 Å². The van der Waals surface area contributed by atoms with E-state index in [9.17, 15) is 4.79 Å². The Morgan fingerprint density at radius 1 is 1.53 bits per heavy atom. The largest absolute Gasteiger partial charge is 0.336 e. The van der Waals surface area contributed by atoms with E-state index in [1.54, 1.807) is 16.2 Å². The highest BCUT2D eigenvalue weighted by molar-refractivity contribution is 14.1. The summed E-state index contributed by atoms with van der Waals surface area (Å²) in [4.78, 5) is 19.4. The van der Waals surface area contributed by atoms with Crippen LogP contribution in [0.1, 0.15) is 20.2 Å². The van der Waals surface area contributed by atoms with E-state index < -0.39 is 0 Å². The Bertz CT molecular complexity index is 614. The van der Waals surface area contributed by atoms with Gasteiger partial charge >= 0.3 is 0 Å². The van der Waals surface area contributed by atoms with E-state index in [1.807, 2.05) is 38.4 Å². The molecule has 0 radical (unpaired) electrons. The van der Waals surface area contributed by atoms with Crippen LogP contribution in [0.5, 0.6) is 0 Å². The third-order valence-electron chi connectivity index (χ3n) is 2.57. The minimum atomic E-state index is 0.0106. The van der Waals surface area contributed by atoms with Crippen LogP contribution in [-0.2, 0) is 6.54 Å². The van der Waals surface area contributed by atoms with Crippen molar-refractivity contribution in [2.75, 3.05) is 7.05 Å². The molecule has 1 heterocycles. The summed E-state index contributed by atoms with van der Waals surface area (Å²) in [6, 6.07) is 5.76. The average Bonchev–Trinajstić information content (AvgIpc) is 2.77. The lowest BCUT2D eigenvalue weighted by atomic mass is 10.2. The predicted molar refractivity (Wildman–Crippen MR) is 89.5 cm³/mol. The summed E-state index contributed by atoms with van der Waals surface area (Å²) in [7, 11) is 1.81. The van der Waals surface area contributed by atoms with Gasteiger partial charge in [-0.2, -0.15) is 0 Å². The molecular weight excluding hydrogens is 439 g/mol. The van der Waals surface area contributed by atoms with Crippen molar-refractivity contribution in [2.45, 2.75) is 13.5 Å². The van der Waals surface area contributed by atoms with Gasteiger partial charge in [0.25, 0.3) is 5.91 Å². The second-order valence-corrected chi connectivity index (χ2v) is 7.55. The maximum Gasteiger partial charge on any atom is 0.255 e. The lowest BCUT2D eigenvalue weighted by Crippen LogP contribution is -2.26. The Hall–Kier alpha value is -0.470. The molecule has 0 unspecified atom stereocenters. The molecule has 3 nitrogen and oxygen atoms in total. The molecule has 6 heteroatoms. The molecule has 1 amide bonds. The Balaban J connectivity index is 2.16. The van der Waals surface area contributed by atoms with Gasteiger partial charge in [-0.3, -0.25) is 4.79 Å². The highest BCUT2D eigenvalue weighted by Crippen LogP contribution is 2.22. The van der Waals surface area contributed by atoms with E-state index in [1.165, 1.54) is 0 Å². The first kappa shape index (κ1) is 14.9. The number of carbonyl (C=O) groups excluding carboxylic acids is 1. The van der Waals surface area contributed by atoms with Gasteiger partial charge in [-0.1, -0.05) is 0 Å². The number of aryl methyl sites for hydroxylation is 1. The van der Waals surface area contributed by atoms with Gasteiger partial charge in [-0.15, -0.1) is 11.3 Å². The van der Waals surface area contributed by atoms with E-state index in [4.69, 9.17) is 0 Å². The first-order chi connectivity index (χ1) is 8.97. The molecule has 2 aromatic rings. The molecule has 0 saturated heterocycles. The zero-order chi connectivity index (χ0) is 14.0. The van der Waals surface area contributed by atoms with Crippen LogP contribution in [0.15, 0.2) is 28.9 Å². The van der Waals surface area contributed by atoms with Crippen molar-refractivity contribution in [3.05, 3.63) is 47.9 Å². The van der Waals surface area contributed by atoms with Gasteiger partial charge in [0.05, 0.1) is 17.1 Å². The summed E-state index contributed by atoms with van der Waals surface area (Å²) in [5.74, 6) is 0.0106. The predicted octanol–water partition coefficient (Wildman–Crippen LogP) is 4.09. The monoisotopic (exact) mass is 450 g/mol. The number of thiazole rings is 1. The van der Waals surface area contributed by atoms with Crippen LogP contribution in [0.25, 0.3) is 0 Å². The summed E-state index contributed by atoms with van der Waals surface area (Å²) in [5.41, 5.74) is 0.690. The van der Waals surface area contributed by atoms with Gasteiger partial charge in [0, 0.05) is 26.2 Å². The zero-order valence-electron chi connectivity index (χ0n) is 10.5. The van der Waals surface area contributed by atoms with E-state index in [-0.39, 0.29) is 5.91 Å². The molecule has 0 saturated carbocycles. The summed E-state index contributed by atoms with van der Waals surface area (Å²) in [5, 5.41) is 1.02. The molecule has 0 aliphatic heterocycles. The van der Waals surface area contributed by atoms with Gasteiger partial charge < -0.3 is 4.90 Å². The van der Waals surface area contributed by atoms with Crippen LogP contribution in [0, 0.1) is 10.5 Å². The van der Waals surface area contributed by atoms with Crippen molar-refractivity contribution >= 4 is 55.8 Å². The van der Waals surface area contributed by atoms with Crippen LogP contribution >= 0.6 is 49.9 Å². The molecule has 0 N–H and O–H groups in total. The van der Waals surface area contributed by atoms with Crippen LogP contribution in [-0.4, -0.2) is 22.8 Å². The number of hydrogen-bond donors (Lipinski definition) is 0. The molecule has 2 rings (SSSR count). The van der Waals surface area contributed by atoms with Crippen molar-refractivity contribution in [1.82, 2.24) is 9.88 Å². The number of hydrogen-bond acceptors (Lipinski definition) is 3. The minimum Gasteiger partial charge on any atom is -0.336 e. The zero-order valence-corrected chi connectivity index (χ0v) is 15.0. The fraction of sp³-hybridized carbons (Fsp3) is 0.231. The van der Waals surface area contributed by atoms with E-state index in [0.717, 1.165) is 17.9 Å². The first-order valence-electron chi connectivity index (χ1n) is 5.59. The molecule has 0 aliphatic carbocycles. The number of amides is 1. The number of aromatic nitrogens is 1. The standard InChI is InChI=1S/C13H12BrIN2OS/c1-8-16-6-10(19-8)7-17(2)13(18)11-5-9(15)3-4-12(11)14/h3-6H,7H2,1-2H3. The fourth-order valence-electron chi connectivity index (χ4n) is 1.65.